The zero-order chi connectivity index (χ0) is 16.1. The van der Waals surface area contributed by atoms with E-state index in [4.69, 9.17) is 4.74 Å². The first kappa shape index (κ1) is 19.4. The summed E-state index contributed by atoms with van der Waals surface area (Å²) in [5.74, 6) is 0.628. The van der Waals surface area contributed by atoms with E-state index in [0.717, 1.165) is 37.8 Å². The minimum atomic E-state index is -0.193. The fraction of sp³-hybridized carbons (Fsp3) is 0.588. The largest absolute Gasteiger partial charge is 0.379 e. The van der Waals surface area contributed by atoms with Crippen LogP contribution in [0.2, 0.25) is 0 Å². The van der Waals surface area contributed by atoms with Crippen molar-refractivity contribution < 1.29 is 9.13 Å². The molecule has 2 N–H and O–H groups in total. The van der Waals surface area contributed by atoms with E-state index < -0.39 is 0 Å². The predicted molar refractivity (Wildman–Crippen MR) is 104 cm³/mol. The van der Waals surface area contributed by atoms with Crippen LogP contribution < -0.4 is 10.6 Å². The molecule has 2 aliphatic rings. The smallest absolute Gasteiger partial charge is 0.191 e. The van der Waals surface area contributed by atoms with Crippen molar-refractivity contribution in [3.63, 3.8) is 0 Å². The molecule has 0 radical (unpaired) electrons. The molecule has 3 rings (SSSR count). The molecule has 1 aliphatic heterocycles. The summed E-state index contributed by atoms with van der Waals surface area (Å²) < 4.78 is 19.1. The van der Waals surface area contributed by atoms with Gasteiger partial charge in [0.15, 0.2) is 5.96 Å². The maximum absolute atomic E-state index is 13.6. The van der Waals surface area contributed by atoms with Gasteiger partial charge in [0, 0.05) is 32.7 Å². The average molecular weight is 448 g/mol. The van der Waals surface area contributed by atoms with Gasteiger partial charge in [-0.05, 0) is 30.5 Å². The van der Waals surface area contributed by atoms with Gasteiger partial charge in [-0.15, -0.1) is 24.0 Å². The molecule has 7 heteroatoms. The highest BCUT2D eigenvalue weighted by atomic mass is 127. The fourth-order valence-corrected chi connectivity index (χ4v) is 2.87. The molecule has 1 unspecified atom stereocenters. The van der Waals surface area contributed by atoms with Gasteiger partial charge in [0.05, 0.1) is 19.3 Å². The lowest BCUT2D eigenvalue weighted by Crippen LogP contribution is -2.46. The Morgan fingerprint density at radius 1 is 1.38 bits per heavy atom. The summed E-state index contributed by atoms with van der Waals surface area (Å²) in [5, 5.41) is 6.77. The highest BCUT2D eigenvalue weighted by molar-refractivity contribution is 14.0. The SMILES string of the molecule is CN=C(NCC(c1cccc(F)c1)N1CCOCC1)NC1CC1.I. The molecule has 2 fully saturated rings. The molecular formula is C17H26FIN4O. The number of benzene rings is 1. The number of hydrogen-bond donors (Lipinski definition) is 2. The lowest BCUT2D eigenvalue weighted by atomic mass is 10.0. The lowest BCUT2D eigenvalue weighted by Gasteiger charge is -2.35. The number of halogens is 2. The lowest BCUT2D eigenvalue weighted by molar-refractivity contribution is 0.0169. The van der Waals surface area contributed by atoms with Crippen molar-refractivity contribution in [2.75, 3.05) is 39.9 Å². The summed E-state index contributed by atoms with van der Waals surface area (Å²) in [5.41, 5.74) is 0.987. The Balaban J connectivity index is 0.00000208. The average Bonchev–Trinajstić information content (AvgIpc) is 3.39. The second-order valence-electron chi connectivity index (χ2n) is 6.09. The van der Waals surface area contributed by atoms with Gasteiger partial charge in [0.25, 0.3) is 0 Å². The zero-order valence-electron chi connectivity index (χ0n) is 14.0. The molecule has 1 aromatic carbocycles. The summed E-state index contributed by atoms with van der Waals surface area (Å²) in [7, 11) is 1.78. The molecule has 1 atom stereocenters. The van der Waals surface area contributed by atoms with Crippen LogP contribution in [0.5, 0.6) is 0 Å². The molecule has 0 spiro atoms. The Hall–Kier alpha value is -0.930. The third-order valence-electron chi connectivity index (χ3n) is 4.32. The van der Waals surface area contributed by atoms with Gasteiger partial charge >= 0.3 is 0 Å². The number of nitrogens with one attached hydrogen (secondary N) is 2. The van der Waals surface area contributed by atoms with Crippen molar-refractivity contribution in [2.45, 2.75) is 24.9 Å². The zero-order valence-corrected chi connectivity index (χ0v) is 16.3. The van der Waals surface area contributed by atoms with Crippen molar-refractivity contribution in [3.8, 4) is 0 Å². The van der Waals surface area contributed by atoms with Crippen LogP contribution in [0.25, 0.3) is 0 Å². The third kappa shape index (κ3) is 5.56. The fourth-order valence-electron chi connectivity index (χ4n) is 2.87. The van der Waals surface area contributed by atoms with Crippen LogP contribution in [0.1, 0.15) is 24.4 Å². The van der Waals surface area contributed by atoms with Crippen LogP contribution in [0.4, 0.5) is 4.39 Å². The Labute approximate surface area is 160 Å². The van der Waals surface area contributed by atoms with Crippen LogP contribution in [0.3, 0.4) is 0 Å². The Morgan fingerprint density at radius 2 is 2.12 bits per heavy atom. The van der Waals surface area contributed by atoms with Crippen molar-refractivity contribution in [1.82, 2.24) is 15.5 Å². The highest BCUT2D eigenvalue weighted by Crippen LogP contribution is 2.22. The van der Waals surface area contributed by atoms with Gasteiger partial charge in [-0.2, -0.15) is 0 Å². The van der Waals surface area contributed by atoms with Gasteiger partial charge in [-0.1, -0.05) is 12.1 Å². The summed E-state index contributed by atoms with van der Waals surface area (Å²) in [6, 6.07) is 7.53. The molecule has 0 bridgehead atoms. The number of aliphatic imine (C=N–C) groups is 1. The maximum Gasteiger partial charge on any atom is 0.191 e. The quantitative estimate of drug-likeness (QED) is 0.412. The standard InChI is InChI=1S/C17H25FN4O.HI/c1-19-17(21-15-5-6-15)20-12-16(22-7-9-23-10-8-22)13-3-2-4-14(18)11-13;/h2-4,11,15-16H,5-10,12H2,1H3,(H2,19,20,21);1H. The van der Waals surface area contributed by atoms with E-state index in [1.165, 1.54) is 18.9 Å². The molecule has 1 aromatic rings. The second-order valence-corrected chi connectivity index (χ2v) is 6.09. The van der Waals surface area contributed by atoms with Gasteiger partial charge in [0.1, 0.15) is 5.82 Å². The first-order valence-electron chi connectivity index (χ1n) is 8.30. The Morgan fingerprint density at radius 3 is 2.75 bits per heavy atom. The molecule has 0 amide bonds. The summed E-state index contributed by atoms with van der Waals surface area (Å²) in [6.07, 6.45) is 2.41. The summed E-state index contributed by atoms with van der Waals surface area (Å²) in [4.78, 5) is 6.62. The number of rotatable bonds is 5. The van der Waals surface area contributed by atoms with E-state index in [9.17, 15) is 4.39 Å². The van der Waals surface area contributed by atoms with E-state index in [2.05, 4.69) is 20.5 Å². The molecule has 1 saturated heterocycles. The van der Waals surface area contributed by atoms with Crippen LogP contribution >= 0.6 is 24.0 Å². The van der Waals surface area contributed by atoms with Gasteiger partial charge in [0.2, 0.25) is 0 Å². The maximum atomic E-state index is 13.6. The molecule has 134 valence electrons. The van der Waals surface area contributed by atoms with Crippen LogP contribution in [-0.4, -0.2) is 56.8 Å². The molecule has 5 nitrogen and oxygen atoms in total. The number of hydrogen-bond acceptors (Lipinski definition) is 3. The monoisotopic (exact) mass is 448 g/mol. The van der Waals surface area contributed by atoms with Gasteiger partial charge < -0.3 is 15.4 Å². The normalized spacial score (nSPS) is 20.2. The molecule has 0 aromatic heterocycles. The number of nitrogens with zero attached hydrogens (tertiary/aromatic N) is 2. The summed E-state index contributed by atoms with van der Waals surface area (Å²) in [6.45, 7) is 3.85. The molecule has 24 heavy (non-hydrogen) atoms. The van der Waals surface area contributed by atoms with E-state index in [0.29, 0.717) is 12.6 Å². The highest BCUT2D eigenvalue weighted by Gasteiger charge is 2.25. The molecule has 1 heterocycles. The van der Waals surface area contributed by atoms with Crippen molar-refractivity contribution in [1.29, 1.82) is 0 Å². The third-order valence-corrected chi connectivity index (χ3v) is 4.32. The van der Waals surface area contributed by atoms with Crippen molar-refractivity contribution in [2.24, 2.45) is 4.99 Å². The minimum absolute atomic E-state index is 0. The van der Waals surface area contributed by atoms with Crippen LogP contribution in [-0.2, 0) is 4.74 Å². The molecule has 1 aliphatic carbocycles. The van der Waals surface area contributed by atoms with Crippen molar-refractivity contribution >= 4 is 29.9 Å². The first-order valence-corrected chi connectivity index (χ1v) is 8.30. The number of ether oxygens (including phenoxy) is 1. The van der Waals surface area contributed by atoms with Crippen molar-refractivity contribution in [3.05, 3.63) is 35.6 Å². The van der Waals surface area contributed by atoms with E-state index in [-0.39, 0.29) is 35.8 Å². The van der Waals surface area contributed by atoms with Crippen LogP contribution in [0, 0.1) is 5.82 Å². The number of morpholine rings is 1. The molecule has 1 saturated carbocycles. The number of guanidine groups is 1. The molecular weight excluding hydrogens is 422 g/mol. The van der Waals surface area contributed by atoms with E-state index in [1.807, 2.05) is 6.07 Å². The van der Waals surface area contributed by atoms with Gasteiger partial charge in [-0.3, -0.25) is 9.89 Å². The van der Waals surface area contributed by atoms with E-state index >= 15 is 0 Å². The first-order chi connectivity index (χ1) is 11.3. The van der Waals surface area contributed by atoms with Crippen LogP contribution in [0.15, 0.2) is 29.3 Å². The predicted octanol–water partition coefficient (Wildman–Crippen LogP) is 2.14. The van der Waals surface area contributed by atoms with Gasteiger partial charge in [-0.25, -0.2) is 4.39 Å². The topological polar surface area (TPSA) is 48.9 Å². The van der Waals surface area contributed by atoms with E-state index in [1.54, 1.807) is 19.2 Å². The second kappa shape index (κ2) is 9.53. The minimum Gasteiger partial charge on any atom is -0.379 e. The summed E-state index contributed by atoms with van der Waals surface area (Å²) >= 11 is 0. The Bertz CT molecular complexity index is 547. The Kier molecular flexibility index (Phi) is 7.70.